The van der Waals surface area contributed by atoms with Gasteiger partial charge in [0.2, 0.25) is 0 Å². The van der Waals surface area contributed by atoms with Crippen LogP contribution in [-0.2, 0) is 4.74 Å². The highest BCUT2D eigenvalue weighted by molar-refractivity contribution is 6.21. The van der Waals surface area contributed by atoms with E-state index >= 15 is 0 Å². The maximum Gasteiger partial charge on any atom is 0.0710 e. The Balaban J connectivity index is 1.49. The van der Waals surface area contributed by atoms with Gasteiger partial charge in [0.15, 0.2) is 0 Å². The van der Waals surface area contributed by atoms with Crippen molar-refractivity contribution in [3.8, 4) is 0 Å². The second-order valence-electron chi connectivity index (χ2n) is 7.06. The minimum atomic E-state index is 0.270. The van der Waals surface area contributed by atoms with Crippen LogP contribution in [0.5, 0.6) is 0 Å². The lowest BCUT2D eigenvalue weighted by Crippen LogP contribution is -2.44. The minimum absolute atomic E-state index is 0.270. The maximum atomic E-state index is 6.47. The van der Waals surface area contributed by atoms with Crippen LogP contribution in [-0.4, -0.2) is 41.6 Å². The Hall–Kier alpha value is 0.210. The molecule has 3 fully saturated rings. The van der Waals surface area contributed by atoms with Gasteiger partial charge in [0, 0.05) is 18.5 Å². The van der Waals surface area contributed by atoms with Gasteiger partial charge in [0.05, 0.1) is 11.7 Å². The summed E-state index contributed by atoms with van der Waals surface area (Å²) in [6.45, 7) is 5.64. The molecule has 0 N–H and O–H groups in total. The van der Waals surface area contributed by atoms with Crippen LogP contribution >= 0.6 is 11.6 Å². The zero-order valence-electron chi connectivity index (χ0n) is 12.2. The Morgan fingerprint density at radius 1 is 1.16 bits per heavy atom. The molecular weight excluding hydrogens is 258 g/mol. The molecule has 0 amide bonds. The molecule has 3 aliphatic rings. The Bertz CT molecular complexity index is 303. The van der Waals surface area contributed by atoms with E-state index in [2.05, 4.69) is 11.8 Å². The molecule has 1 spiro atoms. The standard InChI is InChI=1S/C16H28ClNO/c1-13-6-10-18(12-15(13)17)11-14-5-9-16(19-14)7-3-2-4-8-16/h13-15H,2-12H2,1H3. The zero-order valence-corrected chi connectivity index (χ0v) is 13.0. The predicted octanol–water partition coefficient (Wildman–Crippen LogP) is 3.82. The van der Waals surface area contributed by atoms with Crippen LogP contribution in [0.25, 0.3) is 0 Å². The summed E-state index contributed by atoms with van der Waals surface area (Å²) in [4.78, 5) is 2.53. The molecule has 0 radical (unpaired) electrons. The summed E-state index contributed by atoms with van der Waals surface area (Å²) >= 11 is 6.41. The highest BCUT2D eigenvalue weighted by atomic mass is 35.5. The summed E-state index contributed by atoms with van der Waals surface area (Å²) in [5.74, 6) is 0.673. The van der Waals surface area contributed by atoms with Gasteiger partial charge in [-0.2, -0.15) is 0 Å². The minimum Gasteiger partial charge on any atom is -0.370 e. The maximum absolute atomic E-state index is 6.47. The number of hydrogen-bond donors (Lipinski definition) is 0. The van der Waals surface area contributed by atoms with Gasteiger partial charge >= 0.3 is 0 Å². The topological polar surface area (TPSA) is 12.5 Å². The molecule has 19 heavy (non-hydrogen) atoms. The van der Waals surface area contributed by atoms with E-state index in [-0.39, 0.29) is 5.60 Å². The van der Waals surface area contributed by atoms with Crippen LogP contribution in [0.1, 0.15) is 58.3 Å². The molecule has 0 aromatic rings. The average Bonchev–Trinajstić information content (AvgIpc) is 2.78. The first-order chi connectivity index (χ1) is 9.17. The van der Waals surface area contributed by atoms with Gasteiger partial charge in [-0.25, -0.2) is 0 Å². The number of nitrogens with zero attached hydrogens (tertiary/aromatic N) is 1. The molecule has 2 saturated heterocycles. The quantitative estimate of drug-likeness (QED) is 0.715. The molecular formula is C16H28ClNO. The molecule has 2 nitrogen and oxygen atoms in total. The fourth-order valence-corrected chi connectivity index (χ4v) is 4.45. The lowest BCUT2D eigenvalue weighted by Gasteiger charge is -2.37. The van der Waals surface area contributed by atoms with Crippen LogP contribution in [0, 0.1) is 5.92 Å². The largest absolute Gasteiger partial charge is 0.370 e. The van der Waals surface area contributed by atoms with Crippen molar-refractivity contribution in [1.82, 2.24) is 4.90 Å². The molecule has 0 aromatic heterocycles. The van der Waals surface area contributed by atoms with Gasteiger partial charge in [-0.1, -0.05) is 26.2 Å². The summed E-state index contributed by atoms with van der Waals surface area (Å²) in [7, 11) is 0. The number of likely N-dealkylation sites (tertiary alicyclic amines) is 1. The van der Waals surface area contributed by atoms with Crippen molar-refractivity contribution in [3.05, 3.63) is 0 Å². The molecule has 3 rings (SSSR count). The van der Waals surface area contributed by atoms with Gasteiger partial charge in [-0.05, 0) is 44.6 Å². The number of rotatable bonds is 2. The number of ether oxygens (including phenoxy) is 1. The summed E-state index contributed by atoms with van der Waals surface area (Å²) in [5, 5.41) is 0.332. The summed E-state index contributed by atoms with van der Waals surface area (Å²) in [5.41, 5.74) is 0.270. The lowest BCUT2D eigenvalue weighted by molar-refractivity contribution is -0.0733. The van der Waals surface area contributed by atoms with E-state index in [0.717, 1.165) is 13.1 Å². The third kappa shape index (κ3) is 3.28. The summed E-state index contributed by atoms with van der Waals surface area (Å²) in [6, 6.07) is 0. The van der Waals surface area contributed by atoms with Crippen LogP contribution in [0.4, 0.5) is 0 Å². The van der Waals surface area contributed by atoms with E-state index in [0.29, 0.717) is 17.4 Å². The molecule has 3 atom stereocenters. The Labute approximate surface area is 122 Å². The smallest absolute Gasteiger partial charge is 0.0710 e. The van der Waals surface area contributed by atoms with Crippen LogP contribution < -0.4 is 0 Å². The third-order valence-corrected chi connectivity index (χ3v) is 6.08. The van der Waals surface area contributed by atoms with Crippen LogP contribution in [0.3, 0.4) is 0 Å². The first-order valence-electron chi connectivity index (χ1n) is 8.21. The van der Waals surface area contributed by atoms with Crippen molar-refractivity contribution >= 4 is 11.6 Å². The van der Waals surface area contributed by atoms with Gasteiger partial charge in [-0.3, -0.25) is 4.90 Å². The van der Waals surface area contributed by atoms with Gasteiger partial charge in [-0.15, -0.1) is 11.6 Å². The van der Waals surface area contributed by atoms with E-state index in [1.54, 1.807) is 0 Å². The van der Waals surface area contributed by atoms with Crippen LogP contribution in [0.2, 0.25) is 0 Å². The molecule has 2 aliphatic heterocycles. The molecule has 3 unspecified atom stereocenters. The monoisotopic (exact) mass is 285 g/mol. The molecule has 0 bridgehead atoms. The lowest BCUT2D eigenvalue weighted by atomic mass is 9.83. The first kappa shape index (κ1) is 14.2. The average molecular weight is 286 g/mol. The second-order valence-corrected chi connectivity index (χ2v) is 7.62. The van der Waals surface area contributed by atoms with Gasteiger partial charge in [0.1, 0.15) is 0 Å². The van der Waals surface area contributed by atoms with E-state index in [4.69, 9.17) is 16.3 Å². The second kappa shape index (κ2) is 5.91. The number of piperidine rings is 1. The molecule has 1 saturated carbocycles. The predicted molar refractivity (Wildman–Crippen MR) is 79.8 cm³/mol. The van der Waals surface area contributed by atoms with Crippen LogP contribution in [0.15, 0.2) is 0 Å². The van der Waals surface area contributed by atoms with E-state index < -0.39 is 0 Å². The first-order valence-corrected chi connectivity index (χ1v) is 8.65. The van der Waals surface area contributed by atoms with E-state index in [1.165, 1.54) is 57.9 Å². The van der Waals surface area contributed by atoms with Crippen molar-refractivity contribution in [1.29, 1.82) is 0 Å². The molecule has 110 valence electrons. The van der Waals surface area contributed by atoms with Crippen molar-refractivity contribution < 1.29 is 4.74 Å². The fraction of sp³-hybridized carbons (Fsp3) is 1.00. The fourth-order valence-electron chi connectivity index (χ4n) is 4.13. The summed E-state index contributed by atoms with van der Waals surface area (Å²) < 4.78 is 6.47. The van der Waals surface area contributed by atoms with Crippen molar-refractivity contribution in [2.45, 2.75) is 75.4 Å². The Morgan fingerprint density at radius 3 is 2.68 bits per heavy atom. The van der Waals surface area contributed by atoms with Crippen molar-refractivity contribution in [2.75, 3.05) is 19.6 Å². The van der Waals surface area contributed by atoms with Crippen molar-refractivity contribution in [3.63, 3.8) is 0 Å². The van der Waals surface area contributed by atoms with Gasteiger partial charge < -0.3 is 4.74 Å². The molecule has 3 heteroatoms. The molecule has 1 aliphatic carbocycles. The van der Waals surface area contributed by atoms with Crippen molar-refractivity contribution in [2.24, 2.45) is 5.92 Å². The van der Waals surface area contributed by atoms with Gasteiger partial charge in [0.25, 0.3) is 0 Å². The number of hydrogen-bond acceptors (Lipinski definition) is 2. The zero-order chi connectivity index (χ0) is 13.3. The Morgan fingerprint density at radius 2 is 1.95 bits per heavy atom. The molecule has 2 heterocycles. The van der Waals surface area contributed by atoms with E-state index in [1.807, 2.05) is 0 Å². The molecule has 0 aromatic carbocycles. The normalized spacial score (nSPS) is 39.8. The SMILES string of the molecule is CC1CCN(CC2CCC3(CCCCC3)O2)CC1Cl. The number of alkyl halides is 1. The van der Waals surface area contributed by atoms with E-state index in [9.17, 15) is 0 Å². The highest BCUT2D eigenvalue weighted by Crippen LogP contribution is 2.42. The highest BCUT2D eigenvalue weighted by Gasteiger charge is 2.41. The third-order valence-electron chi connectivity index (χ3n) is 5.52. The summed E-state index contributed by atoms with van der Waals surface area (Å²) in [6.07, 6.45) is 11.0. The Kier molecular flexibility index (Phi) is 4.40. The number of halogens is 1.